The molecule has 49 valence electrons. The second-order valence-electron chi connectivity index (χ2n) is 1.67. The van der Waals surface area contributed by atoms with Crippen LogP contribution in [0, 0.1) is 0 Å². The number of hydrogen-bond acceptors (Lipinski definition) is 2. The fourth-order valence-corrected chi connectivity index (χ4v) is 0.882. The van der Waals surface area contributed by atoms with E-state index in [2.05, 4.69) is 12.6 Å². The van der Waals surface area contributed by atoms with Gasteiger partial charge in [0.15, 0.2) is 0 Å². The van der Waals surface area contributed by atoms with Crippen molar-refractivity contribution in [2.75, 3.05) is 7.11 Å². The van der Waals surface area contributed by atoms with Crippen molar-refractivity contribution in [1.29, 1.82) is 0 Å². The molecular weight excluding hydrogens is 171 g/mol. The molecule has 0 fully saturated rings. The summed E-state index contributed by atoms with van der Waals surface area (Å²) >= 11 is 4.15. The minimum absolute atomic E-state index is 0. The number of ether oxygens (including phenoxy) is 1. The van der Waals surface area contributed by atoms with Gasteiger partial charge in [-0.15, -0.1) is 12.6 Å². The van der Waals surface area contributed by atoms with E-state index >= 15 is 0 Å². The van der Waals surface area contributed by atoms with Crippen LogP contribution in [0.1, 0.15) is 0 Å². The summed E-state index contributed by atoms with van der Waals surface area (Å²) in [5.74, 6) is 0.820. The van der Waals surface area contributed by atoms with E-state index in [0.717, 1.165) is 10.6 Å². The van der Waals surface area contributed by atoms with E-state index in [1.807, 2.05) is 24.3 Å². The monoisotopic (exact) mass is 179 g/mol. The molecular formula is C7H8KOS. The summed E-state index contributed by atoms with van der Waals surface area (Å²) in [4.78, 5) is 0.875. The summed E-state index contributed by atoms with van der Waals surface area (Å²) < 4.78 is 4.97. The Labute approximate surface area is 109 Å². The standard InChI is InChI=1S/C7H8OS.K/c1-8-6-4-2-3-5-7(6)9;/h2-5,9H,1H3;. The molecule has 0 aliphatic rings. The second kappa shape index (κ2) is 5.63. The molecule has 1 aromatic carbocycles. The van der Waals surface area contributed by atoms with Gasteiger partial charge in [-0.3, -0.25) is 0 Å². The first-order valence-electron chi connectivity index (χ1n) is 2.66. The SMILES string of the molecule is COc1ccccc1S.[K]. The Morgan fingerprint density at radius 1 is 1.30 bits per heavy atom. The molecule has 0 amide bonds. The predicted molar refractivity (Wildman–Crippen MR) is 46.0 cm³/mol. The number of benzene rings is 1. The van der Waals surface area contributed by atoms with Crippen molar-refractivity contribution in [3.63, 3.8) is 0 Å². The summed E-state index contributed by atoms with van der Waals surface area (Å²) in [6.45, 7) is 0. The number of methoxy groups -OCH3 is 1. The van der Waals surface area contributed by atoms with Gasteiger partial charge < -0.3 is 4.74 Å². The number of rotatable bonds is 1. The molecule has 0 unspecified atom stereocenters. The Hall–Kier alpha value is 1.01. The molecule has 0 saturated carbocycles. The molecule has 0 atom stereocenters. The van der Waals surface area contributed by atoms with Crippen molar-refractivity contribution in [2.24, 2.45) is 0 Å². The molecule has 0 heterocycles. The second-order valence-corrected chi connectivity index (χ2v) is 2.15. The Bertz CT molecular complexity index is 203. The zero-order valence-corrected chi connectivity index (χ0v) is 10.2. The topological polar surface area (TPSA) is 9.23 Å². The van der Waals surface area contributed by atoms with Crippen LogP contribution < -0.4 is 4.74 Å². The molecule has 10 heavy (non-hydrogen) atoms. The van der Waals surface area contributed by atoms with E-state index in [4.69, 9.17) is 4.74 Å². The third-order valence-electron chi connectivity index (χ3n) is 1.09. The van der Waals surface area contributed by atoms with E-state index in [1.165, 1.54) is 0 Å². The molecule has 0 aromatic heterocycles. The average Bonchev–Trinajstić information content (AvgIpc) is 1.89. The normalized spacial score (nSPS) is 8.20. The van der Waals surface area contributed by atoms with Crippen LogP contribution in [-0.2, 0) is 0 Å². The first-order chi connectivity index (χ1) is 4.34. The maximum Gasteiger partial charge on any atom is 0.132 e. The van der Waals surface area contributed by atoms with Crippen molar-refractivity contribution < 1.29 is 4.74 Å². The minimum Gasteiger partial charge on any atom is -0.496 e. The number of para-hydroxylation sites is 1. The van der Waals surface area contributed by atoms with Crippen LogP contribution in [0.2, 0.25) is 0 Å². The zero-order valence-electron chi connectivity index (χ0n) is 6.16. The number of thiol groups is 1. The van der Waals surface area contributed by atoms with E-state index in [1.54, 1.807) is 7.11 Å². The third kappa shape index (κ3) is 2.94. The van der Waals surface area contributed by atoms with Crippen LogP contribution in [0.25, 0.3) is 0 Å². The average molecular weight is 179 g/mol. The van der Waals surface area contributed by atoms with Crippen LogP contribution in [0.4, 0.5) is 0 Å². The van der Waals surface area contributed by atoms with Crippen LogP contribution in [0.3, 0.4) is 0 Å². The molecule has 3 heteroatoms. The van der Waals surface area contributed by atoms with Gasteiger partial charge in [-0.2, -0.15) is 0 Å². The molecule has 1 nitrogen and oxygen atoms in total. The maximum absolute atomic E-state index is 4.97. The first-order valence-corrected chi connectivity index (χ1v) is 3.11. The summed E-state index contributed by atoms with van der Waals surface area (Å²) in [5, 5.41) is 0. The van der Waals surface area contributed by atoms with Crippen molar-refractivity contribution >= 4 is 64.0 Å². The van der Waals surface area contributed by atoms with Crippen molar-refractivity contribution in [3.8, 4) is 5.75 Å². The van der Waals surface area contributed by atoms with Gasteiger partial charge in [0.05, 0.1) is 7.11 Å². The summed E-state index contributed by atoms with van der Waals surface area (Å²) in [6.07, 6.45) is 0. The Morgan fingerprint density at radius 3 is 2.30 bits per heavy atom. The van der Waals surface area contributed by atoms with Crippen LogP contribution >= 0.6 is 12.6 Å². The van der Waals surface area contributed by atoms with E-state index in [-0.39, 0.29) is 51.4 Å². The van der Waals surface area contributed by atoms with Crippen LogP contribution in [-0.4, -0.2) is 58.5 Å². The Balaban J connectivity index is 0.000000810. The first kappa shape index (κ1) is 11.0. The molecule has 0 spiro atoms. The van der Waals surface area contributed by atoms with Crippen molar-refractivity contribution in [1.82, 2.24) is 0 Å². The molecule has 0 saturated heterocycles. The maximum atomic E-state index is 4.97. The zero-order chi connectivity index (χ0) is 6.69. The van der Waals surface area contributed by atoms with Gasteiger partial charge in [0.25, 0.3) is 0 Å². The quantitative estimate of drug-likeness (QED) is 0.509. The van der Waals surface area contributed by atoms with E-state index in [0.29, 0.717) is 0 Å². The van der Waals surface area contributed by atoms with Crippen molar-refractivity contribution in [3.05, 3.63) is 24.3 Å². The molecule has 1 aromatic rings. The van der Waals surface area contributed by atoms with E-state index < -0.39 is 0 Å². The van der Waals surface area contributed by atoms with Gasteiger partial charge in [-0.1, -0.05) is 12.1 Å². The van der Waals surface area contributed by atoms with Crippen LogP contribution in [0.5, 0.6) is 5.75 Å². The van der Waals surface area contributed by atoms with Crippen LogP contribution in [0.15, 0.2) is 29.2 Å². The fourth-order valence-electron chi connectivity index (χ4n) is 0.630. The number of hydrogen-bond donors (Lipinski definition) is 1. The molecule has 0 bridgehead atoms. The van der Waals surface area contributed by atoms with Gasteiger partial charge in [0.2, 0.25) is 0 Å². The summed E-state index contributed by atoms with van der Waals surface area (Å²) in [5.41, 5.74) is 0. The van der Waals surface area contributed by atoms with Crippen molar-refractivity contribution in [2.45, 2.75) is 4.90 Å². The van der Waals surface area contributed by atoms with Gasteiger partial charge in [0.1, 0.15) is 5.75 Å². The Morgan fingerprint density at radius 2 is 1.90 bits per heavy atom. The smallest absolute Gasteiger partial charge is 0.132 e. The van der Waals surface area contributed by atoms with E-state index in [9.17, 15) is 0 Å². The fraction of sp³-hybridized carbons (Fsp3) is 0.143. The van der Waals surface area contributed by atoms with Gasteiger partial charge in [-0.05, 0) is 12.1 Å². The molecule has 1 radical (unpaired) electrons. The summed E-state index contributed by atoms with van der Waals surface area (Å²) in [7, 11) is 1.63. The predicted octanol–water partition coefficient (Wildman–Crippen LogP) is 1.60. The molecule has 0 aliphatic heterocycles. The Kier molecular flexibility index (Phi) is 6.20. The molecule has 0 aliphatic carbocycles. The van der Waals surface area contributed by atoms with Gasteiger partial charge >= 0.3 is 0 Å². The summed E-state index contributed by atoms with van der Waals surface area (Å²) in [6, 6.07) is 7.60. The van der Waals surface area contributed by atoms with Gasteiger partial charge in [-0.25, -0.2) is 0 Å². The molecule has 0 N–H and O–H groups in total. The largest absolute Gasteiger partial charge is 0.496 e. The third-order valence-corrected chi connectivity index (χ3v) is 1.45. The molecule has 1 rings (SSSR count). The van der Waals surface area contributed by atoms with Gasteiger partial charge in [0, 0.05) is 56.3 Å². The minimum atomic E-state index is 0.